The molecule has 2 fully saturated rings. The SMILES string of the molecule is CN1CCN(c2ncccc2C(=O)NCC2CCCO2)CC1. The van der Waals surface area contributed by atoms with E-state index in [0.29, 0.717) is 12.1 Å². The summed E-state index contributed by atoms with van der Waals surface area (Å²) in [6, 6.07) is 3.67. The lowest BCUT2D eigenvalue weighted by Crippen LogP contribution is -2.45. The first-order valence-corrected chi connectivity index (χ1v) is 8.02. The number of carbonyl (C=O) groups is 1. The van der Waals surface area contributed by atoms with E-state index in [1.54, 1.807) is 6.20 Å². The van der Waals surface area contributed by atoms with Crippen molar-refractivity contribution in [3.05, 3.63) is 23.9 Å². The third-order valence-corrected chi connectivity index (χ3v) is 4.35. The average molecular weight is 304 g/mol. The van der Waals surface area contributed by atoms with Crippen molar-refractivity contribution in [2.75, 3.05) is 51.3 Å². The second-order valence-electron chi connectivity index (χ2n) is 6.01. The number of piperazine rings is 1. The van der Waals surface area contributed by atoms with Gasteiger partial charge in [0.1, 0.15) is 5.82 Å². The predicted molar refractivity (Wildman–Crippen MR) is 85.3 cm³/mol. The van der Waals surface area contributed by atoms with Crippen molar-refractivity contribution in [2.24, 2.45) is 0 Å². The molecule has 6 nitrogen and oxygen atoms in total. The third-order valence-electron chi connectivity index (χ3n) is 4.35. The molecule has 6 heteroatoms. The number of hydrogen-bond acceptors (Lipinski definition) is 5. The summed E-state index contributed by atoms with van der Waals surface area (Å²) in [5, 5.41) is 2.99. The number of carbonyl (C=O) groups excluding carboxylic acids is 1. The van der Waals surface area contributed by atoms with Crippen molar-refractivity contribution < 1.29 is 9.53 Å². The lowest BCUT2D eigenvalue weighted by molar-refractivity contribution is 0.0858. The first kappa shape index (κ1) is 15.2. The fourth-order valence-corrected chi connectivity index (χ4v) is 2.95. The maximum absolute atomic E-state index is 12.5. The molecule has 1 aromatic rings. The number of ether oxygens (including phenoxy) is 1. The number of likely N-dealkylation sites (N-methyl/N-ethyl adjacent to an activating group) is 1. The Bertz CT molecular complexity index is 509. The van der Waals surface area contributed by atoms with Gasteiger partial charge in [-0.1, -0.05) is 0 Å². The molecule has 22 heavy (non-hydrogen) atoms. The molecule has 120 valence electrons. The van der Waals surface area contributed by atoms with Crippen LogP contribution in [0.2, 0.25) is 0 Å². The first-order valence-electron chi connectivity index (χ1n) is 8.02. The van der Waals surface area contributed by atoms with E-state index in [4.69, 9.17) is 4.74 Å². The van der Waals surface area contributed by atoms with Crippen LogP contribution in [0.4, 0.5) is 5.82 Å². The van der Waals surface area contributed by atoms with Crippen LogP contribution in [0.15, 0.2) is 18.3 Å². The van der Waals surface area contributed by atoms with E-state index < -0.39 is 0 Å². The summed E-state index contributed by atoms with van der Waals surface area (Å²) >= 11 is 0. The number of hydrogen-bond donors (Lipinski definition) is 1. The Morgan fingerprint density at radius 2 is 2.23 bits per heavy atom. The largest absolute Gasteiger partial charge is 0.376 e. The average Bonchev–Trinajstić information content (AvgIpc) is 3.07. The lowest BCUT2D eigenvalue weighted by Gasteiger charge is -2.34. The van der Waals surface area contributed by atoms with Gasteiger partial charge in [0.05, 0.1) is 11.7 Å². The molecular weight excluding hydrogens is 280 g/mol. The van der Waals surface area contributed by atoms with Crippen LogP contribution in [-0.2, 0) is 4.74 Å². The van der Waals surface area contributed by atoms with Gasteiger partial charge in [-0.25, -0.2) is 4.98 Å². The molecule has 2 saturated heterocycles. The van der Waals surface area contributed by atoms with Gasteiger partial charge in [0.25, 0.3) is 5.91 Å². The Balaban J connectivity index is 1.66. The molecule has 0 aromatic carbocycles. The molecule has 1 N–H and O–H groups in total. The second-order valence-corrected chi connectivity index (χ2v) is 6.01. The molecule has 0 radical (unpaired) electrons. The van der Waals surface area contributed by atoms with Gasteiger partial charge in [-0.3, -0.25) is 4.79 Å². The van der Waals surface area contributed by atoms with E-state index in [1.807, 2.05) is 12.1 Å². The maximum atomic E-state index is 12.5. The van der Waals surface area contributed by atoms with E-state index in [-0.39, 0.29) is 12.0 Å². The van der Waals surface area contributed by atoms with Crippen LogP contribution in [0, 0.1) is 0 Å². The van der Waals surface area contributed by atoms with Gasteiger partial charge in [0, 0.05) is 45.5 Å². The molecule has 1 unspecified atom stereocenters. The van der Waals surface area contributed by atoms with E-state index >= 15 is 0 Å². The molecule has 2 aliphatic rings. The van der Waals surface area contributed by atoms with Crippen LogP contribution in [-0.4, -0.2) is 68.3 Å². The zero-order valence-electron chi connectivity index (χ0n) is 13.1. The summed E-state index contributed by atoms with van der Waals surface area (Å²) in [6.45, 7) is 5.18. The van der Waals surface area contributed by atoms with Crippen LogP contribution >= 0.6 is 0 Å². The fraction of sp³-hybridized carbons (Fsp3) is 0.625. The van der Waals surface area contributed by atoms with Gasteiger partial charge < -0.3 is 19.9 Å². The third kappa shape index (κ3) is 3.56. The minimum absolute atomic E-state index is 0.0578. The fourth-order valence-electron chi connectivity index (χ4n) is 2.95. The molecular formula is C16H24N4O2. The maximum Gasteiger partial charge on any atom is 0.255 e. The summed E-state index contributed by atoms with van der Waals surface area (Å²) in [4.78, 5) is 21.4. The van der Waals surface area contributed by atoms with Crippen LogP contribution in [0.1, 0.15) is 23.2 Å². The Kier molecular flexibility index (Phi) is 4.90. The zero-order chi connectivity index (χ0) is 15.4. The summed E-state index contributed by atoms with van der Waals surface area (Å²) in [5.74, 6) is 0.734. The Morgan fingerprint density at radius 3 is 2.95 bits per heavy atom. The molecule has 3 heterocycles. The monoisotopic (exact) mass is 304 g/mol. The van der Waals surface area contributed by atoms with Gasteiger partial charge >= 0.3 is 0 Å². The van der Waals surface area contributed by atoms with Crippen molar-refractivity contribution in [3.8, 4) is 0 Å². The molecule has 0 spiro atoms. The topological polar surface area (TPSA) is 57.7 Å². The van der Waals surface area contributed by atoms with E-state index in [0.717, 1.165) is 51.4 Å². The molecule has 1 atom stereocenters. The van der Waals surface area contributed by atoms with Gasteiger partial charge in [0.15, 0.2) is 0 Å². The first-order chi connectivity index (χ1) is 10.7. The highest BCUT2D eigenvalue weighted by atomic mass is 16.5. The summed E-state index contributed by atoms with van der Waals surface area (Å²) in [7, 11) is 2.12. The van der Waals surface area contributed by atoms with Crippen molar-refractivity contribution in [2.45, 2.75) is 18.9 Å². The van der Waals surface area contributed by atoms with Crippen molar-refractivity contribution in [1.82, 2.24) is 15.2 Å². The molecule has 3 rings (SSSR count). The smallest absolute Gasteiger partial charge is 0.255 e. The zero-order valence-corrected chi connectivity index (χ0v) is 13.1. The number of pyridine rings is 1. The van der Waals surface area contributed by atoms with Gasteiger partial charge in [-0.2, -0.15) is 0 Å². The molecule has 0 bridgehead atoms. The van der Waals surface area contributed by atoms with Crippen LogP contribution in [0.25, 0.3) is 0 Å². The number of nitrogens with zero attached hydrogens (tertiary/aromatic N) is 3. The summed E-state index contributed by atoms with van der Waals surface area (Å²) in [6.07, 6.45) is 4.02. The predicted octanol–water partition coefficient (Wildman–Crippen LogP) is 0.742. The highest BCUT2D eigenvalue weighted by Crippen LogP contribution is 2.19. The minimum Gasteiger partial charge on any atom is -0.376 e. The van der Waals surface area contributed by atoms with Crippen molar-refractivity contribution >= 4 is 11.7 Å². The number of anilines is 1. The van der Waals surface area contributed by atoms with Crippen LogP contribution in [0.5, 0.6) is 0 Å². The van der Waals surface area contributed by atoms with Crippen molar-refractivity contribution in [1.29, 1.82) is 0 Å². The highest BCUT2D eigenvalue weighted by Gasteiger charge is 2.22. The van der Waals surface area contributed by atoms with E-state index in [9.17, 15) is 4.79 Å². The summed E-state index contributed by atoms with van der Waals surface area (Å²) in [5.41, 5.74) is 0.657. The molecule has 0 saturated carbocycles. The molecule has 2 aliphatic heterocycles. The number of rotatable bonds is 4. The highest BCUT2D eigenvalue weighted by molar-refractivity contribution is 5.98. The Morgan fingerprint density at radius 1 is 1.41 bits per heavy atom. The molecule has 0 aliphatic carbocycles. The normalized spacial score (nSPS) is 22.8. The minimum atomic E-state index is -0.0578. The molecule has 1 aromatic heterocycles. The van der Waals surface area contributed by atoms with Gasteiger partial charge in [-0.15, -0.1) is 0 Å². The number of nitrogens with one attached hydrogen (secondary N) is 1. The number of aromatic nitrogens is 1. The van der Waals surface area contributed by atoms with Crippen LogP contribution < -0.4 is 10.2 Å². The van der Waals surface area contributed by atoms with Gasteiger partial charge in [0.2, 0.25) is 0 Å². The number of amides is 1. The lowest BCUT2D eigenvalue weighted by atomic mass is 10.2. The van der Waals surface area contributed by atoms with E-state index in [1.165, 1.54) is 0 Å². The standard InChI is InChI=1S/C16H24N4O2/c1-19-7-9-20(10-8-19)15-14(5-2-6-17-15)16(21)18-12-13-4-3-11-22-13/h2,5-6,13H,3-4,7-12H2,1H3,(H,18,21). The van der Waals surface area contributed by atoms with Gasteiger partial charge in [-0.05, 0) is 32.0 Å². The quantitative estimate of drug-likeness (QED) is 0.889. The Hall–Kier alpha value is -1.66. The summed E-state index contributed by atoms with van der Waals surface area (Å²) < 4.78 is 5.55. The Labute approximate surface area is 131 Å². The van der Waals surface area contributed by atoms with E-state index in [2.05, 4.69) is 27.1 Å². The second kappa shape index (κ2) is 7.07. The molecule has 1 amide bonds. The van der Waals surface area contributed by atoms with Crippen LogP contribution in [0.3, 0.4) is 0 Å². The van der Waals surface area contributed by atoms with Crippen molar-refractivity contribution in [3.63, 3.8) is 0 Å².